The van der Waals surface area contributed by atoms with Crippen LogP contribution in [0.2, 0.25) is 0 Å². The van der Waals surface area contributed by atoms with Crippen LogP contribution in [-0.4, -0.2) is 63.6 Å². The third-order valence-corrected chi connectivity index (χ3v) is 6.40. The summed E-state index contributed by atoms with van der Waals surface area (Å²) in [5.41, 5.74) is 2.63. The van der Waals surface area contributed by atoms with Crippen molar-refractivity contribution in [2.24, 2.45) is 5.92 Å². The fourth-order valence-electron chi connectivity index (χ4n) is 4.18. The van der Waals surface area contributed by atoms with E-state index in [9.17, 15) is 13.2 Å². The van der Waals surface area contributed by atoms with Gasteiger partial charge in [0.25, 0.3) is 0 Å². The molecule has 26 heavy (non-hydrogen) atoms. The zero-order valence-electron chi connectivity index (χ0n) is 15.6. The second kappa shape index (κ2) is 7.86. The van der Waals surface area contributed by atoms with Gasteiger partial charge in [-0.2, -0.15) is 0 Å². The summed E-state index contributed by atoms with van der Waals surface area (Å²) in [5, 5.41) is 3.01. The molecule has 0 unspecified atom stereocenters. The predicted octanol–water partition coefficient (Wildman–Crippen LogP) is 1.90. The Morgan fingerprint density at radius 2 is 2.08 bits per heavy atom. The first-order valence-electron chi connectivity index (χ1n) is 9.38. The Hall–Kier alpha value is -1.76. The lowest BCUT2D eigenvalue weighted by molar-refractivity contribution is 0.170. The maximum Gasteiger partial charge on any atom is 0.317 e. The molecule has 2 atom stereocenters. The summed E-state index contributed by atoms with van der Waals surface area (Å²) in [7, 11) is -3.00. The number of likely N-dealkylation sites (tertiary alicyclic amines) is 1. The molecule has 3 rings (SSSR count). The molecule has 7 heteroatoms. The number of sulfone groups is 1. The van der Waals surface area contributed by atoms with Crippen molar-refractivity contribution >= 4 is 21.6 Å². The zero-order chi connectivity index (χ0) is 18.7. The van der Waals surface area contributed by atoms with Gasteiger partial charge in [0.05, 0.1) is 5.75 Å². The molecule has 0 spiro atoms. The average molecular weight is 380 g/mol. The third-order valence-electron chi connectivity index (χ3n) is 5.32. The predicted molar refractivity (Wildman–Crippen MR) is 104 cm³/mol. The maximum atomic E-state index is 12.5. The summed E-state index contributed by atoms with van der Waals surface area (Å²) < 4.78 is 23.0. The summed E-state index contributed by atoms with van der Waals surface area (Å²) in [4.78, 5) is 16.6. The molecular weight excluding hydrogens is 350 g/mol. The van der Waals surface area contributed by atoms with Gasteiger partial charge >= 0.3 is 6.03 Å². The van der Waals surface area contributed by atoms with E-state index in [0.29, 0.717) is 25.7 Å². The van der Waals surface area contributed by atoms with Crippen LogP contribution >= 0.6 is 0 Å². The fraction of sp³-hybridized carbons (Fsp3) is 0.632. The minimum absolute atomic E-state index is 0.0509. The van der Waals surface area contributed by atoms with E-state index in [2.05, 4.69) is 41.4 Å². The zero-order valence-corrected chi connectivity index (χ0v) is 16.5. The number of urea groups is 1. The van der Waals surface area contributed by atoms with E-state index >= 15 is 0 Å². The Morgan fingerprint density at radius 1 is 1.31 bits per heavy atom. The number of para-hydroxylation sites is 1. The first kappa shape index (κ1) is 19.0. The number of amides is 2. The van der Waals surface area contributed by atoms with Gasteiger partial charge < -0.3 is 15.1 Å². The van der Waals surface area contributed by atoms with Crippen LogP contribution in [0.4, 0.5) is 10.5 Å². The van der Waals surface area contributed by atoms with Crippen LogP contribution in [0.5, 0.6) is 0 Å². The molecule has 0 aliphatic carbocycles. The van der Waals surface area contributed by atoms with Crippen molar-refractivity contribution < 1.29 is 13.2 Å². The van der Waals surface area contributed by atoms with Gasteiger partial charge in [-0.15, -0.1) is 0 Å². The van der Waals surface area contributed by atoms with Crippen molar-refractivity contribution in [2.45, 2.75) is 32.2 Å². The smallest absolute Gasteiger partial charge is 0.317 e. The topological polar surface area (TPSA) is 69.7 Å². The summed E-state index contributed by atoms with van der Waals surface area (Å²) >= 11 is 0. The highest BCUT2D eigenvalue weighted by atomic mass is 32.2. The van der Waals surface area contributed by atoms with Gasteiger partial charge in [0.2, 0.25) is 0 Å². The molecule has 1 saturated heterocycles. The lowest BCUT2D eigenvalue weighted by atomic mass is 10.0. The van der Waals surface area contributed by atoms with Crippen LogP contribution in [0, 0.1) is 5.92 Å². The van der Waals surface area contributed by atoms with Crippen molar-refractivity contribution in [3.05, 3.63) is 29.8 Å². The standard InChI is InChI=1S/C19H29N3O3S/c1-15-12-17-7-3-4-8-18(17)22(15)11-9-20-19(23)21-10-5-6-16(13-21)14-26(2,24)25/h3-4,7-8,15-16H,5-6,9-14H2,1-2H3,(H,20,23)/t15-,16-/m0/s1. The summed E-state index contributed by atoms with van der Waals surface area (Å²) in [5.74, 6) is 0.216. The van der Waals surface area contributed by atoms with Crippen LogP contribution in [-0.2, 0) is 16.3 Å². The minimum atomic E-state index is -3.00. The number of nitrogens with one attached hydrogen (secondary N) is 1. The van der Waals surface area contributed by atoms with Gasteiger partial charge in [-0.25, -0.2) is 13.2 Å². The van der Waals surface area contributed by atoms with Crippen LogP contribution < -0.4 is 10.2 Å². The Bertz CT molecular complexity index is 750. The van der Waals surface area contributed by atoms with E-state index in [4.69, 9.17) is 0 Å². The molecule has 0 radical (unpaired) electrons. The maximum absolute atomic E-state index is 12.5. The fourth-order valence-corrected chi connectivity index (χ4v) is 5.31. The highest BCUT2D eigenvalue weighted by Crippen LogP contribution is 2.31. The summed E-state index contributed by atoms with van der Waals surface area (Å²) in [6.07, 6.45) is 4.05. The number of rotatable bonds is 5. The van der Waals surface area contributed by atoms with E-state index in [0.717, 1.165) is 25.8 Å². The molecule has 2 aliphatic rings. The van der Waals surface area contributed by atoms with E-state index in [-0.39, 0.29) is 17.7 Å². The molecule has 1 aromatic carbocycles. The largest absolute Gasteiger partial charge is 0.367 e. The number of piperidine rings is 1. The van der Waals surface area contributed by atoms with Crippen LogP contribution in [0.3, 0.4) is 0 Å². The first-order valence-corrected chi connectivity index (χ1v) is 11.4. The molecule has 0 aromatic heterocycles. The summed E-state index contributed by atoms with van der Waals surface area (Å²) in [6.45, 7) is 4.81. The normalized spacial score (nSPS) is 23.0. The highest BCUT2D eigenvalue weighted by Gasteiger charge is 2.27. The van der Waals surface area contributed by atoms with Gasteiger partial charge in [-0.3, -0.25) is 0 Å². The van der Waals surface area contributed by atoms with Gasteiger partial charge in [0.1, 0.15) is 9.84 Å². The van der Waals surface area contributed by atoms with Crippen molar-refractivity contribution in [3.63, 3.8) is 0 Å². The lowest BCUT2D eigenvalue weighted by Gasteiger charge is -2.33. The summed E-state index contributed by atoms with van der Waals surface area (Å²) in [6, 6.07) is 8.79. The number of hydrogen-bond acceptors (Lipinski definition) is 4. The van der Waals surface area contributed by atoms with Gasteiger partial charge in [0.15, 0.2) is 0 Å². The van der Waals surface area contributed by atoms with Crippen LogP contribution in [0.25, 0.3) is 0 Å². The SMILES string of the molecule is C[C@H]1Cc2ccccc2N1CCNC(=O)N1CCC[C@H](CS(C)(=O)=O)C1. The molecule has 144 valence electrons. The minimum Gasteiger partial charge on any atom is -0.367 e. The van der Waals surface area contributed by atoms with E-state index in [1.165, 1.54) is 17.5 Å². The second-order valence-electron chi connectivity index (χ2n) is 7.65. The Balaban J connectivity index is 1.48. The van der Waals surface area contributed by atoms with Gasteiger partial charge in [-0.1, -0.05) is 18.2 Å². The molecular formula is C19H29N3O3S. The molecule has 0 saturated carbocycles. The number of carbonyl (C=O) groups is 1. The van der Waals surface area contributed by atoms with E-state index < -0.39 is 9.84 Å². The molecule has 1 aromatic rings. The van der Waals surface area contributed by atoms with Crippen molar-refractivity contribution in [1.82, 2.24) is 10.2 Å². The first-order chi connectivity index (χ1) is 12.3. The molecule has 2 heterocycles. The van der Waals surface area contributed by atoms with Crippen LogP contribution in [0.1, 0.15) is 25.3 Å². The molecule has 2 aliphatic heterocycles. The van der Waals surface area contributed by atoms with Gasteiger partial charge in [0, 0.05) is 44.2 Å². The lowest BCUT2D eigenvalue weighted by Crippen LogP contribution is -2.48. The molecule has 6 nitrogen and oxygen atoms in total. The molecule has 1 fully saturated rings. The number of hydrogen-bond donors (Lipinski definition) is 1. The van der Waals surface area contributed by atoms with Crippen molar-refractivity contribution in [2.75, 3.05) is 43.1 Å². The molecule has 1 N–H and O–H groups in total. The van der Waals surface area contributed by atoms with Crippen molar-refractivity contribution in [1.29, 1.82) is 0 Å². The highest BCUT2D eigenvalue weighted by molar-refractivity contribution is 7.90. The molecule has 0 bridgehead atoms. The number of anilines is 1. The second-order valence-corrected chi connectivity index (χ2v) is 9.84. The molecule has 2 amide bonds. The van der Waals surface area contributed by atoms with Crippen LogP contribution in [0.15, 0.2) is 24.3 Å². The van der Waals surface area contributed by atoms with Crippen molar-refractivity contribution in [3.8, 4) is 0 Å². The quantitative estimate of drug-likeness (QED) is 0.848. The van der Waals surface area contributed by atoms with E-state index in [1.54, 1.807) is 4.90 Å². The Kier molecular flexibility index (Phi) is 5.75. The average Bonchev–Trinajstić information content (AvgIpc) is 2.89. The monoisotopic (exact) mass is 379 g/mol. The Morgan fingerprint density at radius 3 is 2.85 bits per heavy atom. The Labute approximate surface area is 156 Å². The third kappa shape index (κ3) is 4.69. The van der Waals surface area contributed by atoms with Gasteiger partial charge in [-0.05, 0) is 43.7 Å². The number of carbonyl (C=O) groups excluding carboxylic acids is 1. The number of nitrogens with zero attached hydrogens (tertiary/aromatic N) is 2. The number of benzene rings is 1. The number of fused-ring (bicyclic) bond motifs is 1. The van der Waals surface area contributed by atoms with E-state index in [1.807, 2.05) is 0 Å².